The van der Waals surface area contributed by atoms with Crippen molar-refractivity contribution in [3.05, 3.63) is 54.7 Å². The summed E-state index contributed by atoms with van der Waals surface area (Å²) in [4.78, 5) is 4.30. The van der Waals surface area contributed by atoms with Crippen molar-refractivity contribution in [2.75, 3.05) is 12.3 Å². The van der Waals surface area contributed by atoms with Crippen LogP contribution in [-0.4, -0.2) is 11.6 Å². The highest BCUT2D eigenvalue weighted by Gasteiger charge is 2.05. The van der Waals surface area contributed by atoms with Gasteiger partial charge in [-0.3, -0.25) is 4.98 Å². The minimum atomic E-state index is 0.649. The van der Waals surface area contributed by atoms with Gasteiger partial charge in [-0.25, -0.2) is 0 Å². The topological polar surface area (TPSA) is 57.4 Å². The van der Waals surface area contributed by atoms with Crippen LogP contribution in [-0.2, 0) is 0 Å². The van der Waals surface area contributed by atoms with Gasteiger partial charge in [-0.15, -0.1) is 0 Å². The second kappa shape index (κ2) is 5.71. The Morgan fingerprint density at radius 3 is 2.52 bits per heavy atom. The summed E-state index contributed by atoms with van der Waals surface area (Å²) in [6.45, 7) is 2.61. The van der Waals surface area contributed by atoms with Crippen LogP contribution in [0.15, 0.2) is 54.7 Å². The van der Waals surface area contributed by atoms with Gasteiger partial charge >= 0.3 is 0 Å². The number of fused-ring (bicyclic) bond motifs is 1. The first-order valence-electron chi connectivity index (χ1n) is 6.81. The van der Waals surface area contributed by atoms with Crippen LogP contribution in [0.25, 0.3) is 10.9 Å². The Labute approximate surface area is 123 Å². The van der Waals surface area contributed by atoms with E-state index >= 15 is 0 Å². The van der Waals surface area contributed by atoms with E-state index < -0.39 is 0 Å². The van der Waals surface area contributed by atoms with Crippen LogP contribution >= 0.6 is 0 Å². The zero-order chi connectivity index (χ0) is 14.7. The molecule has 106 valence electrons. The number of ether oxygens (including phenoxy) is 2. The molecule has 0 aliphatic heterocycles. The lowest BCUT2D eigenvalue weighted by atomic mass is 10.2. The van der Waals surface area contributed by atoms with Gasteiger partial charge in [0.05, 0.1) is 12.1 Å². The Morgan fingerprint density at radius 2 is 1.76 bits per heavy atom. The maximum absolute atomic E-state index is 5.93. The van der Waals surface area contributed by atoms with Crippen LogP contribution in [0.4, 0.5) is 5.69 Å². The molecule has 0 bridgehead atoms. The van der Waals surface area contributed by atoms with E-state index in [0.717, 1.165) is 28.2 Å². The molecule has 0 atom stereocenters. The van der Waals surface area contributed by atoms with Gasteiger partial charge in [-0.1, -0.05) is 0 Å². The van der Waals surface area contributed by atoms with Gasteiger partial charge < -0.3 is 15.2 Å². The highest BCUT2D eigenvalue weighted by Crippen LogP contribution is 2.30. The number of nitrogens with two attached hydrogens (primary N) is 1. The quantitative estimate of drug-likeness (QED) is 0.734. The van der Waals surface area contributed by atoms with E-state index in [4.69, 9.17) is 15.2 Å². The molecule has 3 aromatic rings. The van der Waals surface area contributed by atoms with E-state index in [9.17, 15) is 0 Å². The van der Waals surface area contributed by atoms with Crippen molar-refractivity contribution in [3.8, 4) is 17.2 Å². The van der Waals surface area contributed by atoms with E-state index in [-0.39, 0.29) is 0 Å². The molecule has 0 spiro atoms. The maximum atomic E-state index is 5.93. The largest absolute Gasteiger partial charge is 0.494 e. The zero-order valence-electron chi connectivity index (χ0n) is 11.7. The predicted octanol–water partition coefficient (Wildman–Crippen LogP) is 4.01. The van der Waals surface area contributed by atoms with Gasteiger partial charge in [0, 0.05) is 17.3 Å². The Hall–Kier alpha value is -2.75. The van der Waals surface area contributed by atoms with Gasteiger partial charge in [0.15, 0.2) is 0 Å². The molecule has 0 aliphatic rings. The fourth-order valence-electron chi connectivity index (χ4n) is 2.13. The van der Waals surface area contributed by atoms with Gasteiger partial charge in [0.1, 0.15) is 17.2 Å². The van der Waals surface area contributed by atoms with Crippen LogP contribution in [0.1, 0.15) is 6.92 Å². The first kappa shape index (κ1) is 13.2. The highest BCUT2D eigenvalue weighted by atomic mass is 16.5. The van der Waals surface area contributed by atoms with Crippen molar-refractivity contribution < 1.29 is 9.47 Å². The Bertz CT molecular complexity index is 754. The number of anilines is 1. The molecule has 2 N–H and O–H groups in total. The van der Waals surface area contributed by atoms with Crippen molar-refractivity contribution >= 4 is 16.6 Å². The van der Waals surface area contributed by atoms with Crippen molar-refractivity contribution in [2.24, 2.45) is 0 Å². The lowest BCUT2D eigenvalue weighted by Gasteiger charge is -2.09. The molecule has 0 amide bonds. The standard InChI is InChI=1S/C17H16N2O2/c1-2-20-13-4-6-14(7-5-13)21-17-9-10-19-16-11-12(18)3-8-15(16)17/h3-11H,2,18H2,1H3. The number of hydrogen-bond donors (Lipinski definition) is 1. The Balaban J connectivity index is 1.90. The molecule has 4 nitrogen and oxygen atoms in total. The van der Waals surface area contributed by atoms with E-state index in [0.29, 0.717) is 12.3 Å². The van der Waals surface area contributed by atoms with Crippen molar-refractivity contribution in [1.82, 2.24) is 4.98 Å². The number of rotatable bonds is 4. The normalized spacial score (nSPS) is 10.5. The van der Waals surface area contributed by atoms with Gasteiger partial charge in [-0.05, 0) is 55.5 Å². The van der Waals surface area contributed by atoms with Crippen LogP contribution < -0.4 is 15.2 Å². The summed E-state index contributed by atoms with van der Waals surface area (Å²) in [5, 5.41) is 0.931. The van der Waals surface area contributed by atoms with Crippen LogP contribution in [0.3, 0.4) is 0 Å². The van der Waals surface area contributed by atoms with Crippen LogP contribution in [0.5, 0.6) is 17.2 Å². The molecule has 0 unspecified atom stereocenters. The van der Waals surface area contributed by atoms with Crippen LogP contribution in [0.2, 0.25) is 0 Å². The summed E-state index contributed by atoms with van der Waals surface area (Å²) in [5.74, 6) is 2.34. The van der Waals surface area contributed by atoms with Gasteiger partial charge in [0.2, 0.25) is 0 Å². The van der Waals surface area contributed by atoms with E-state index in [1.54, 1.807) is 6.20 Å². The number of hydrogen-bond acceptors (Lipinski definition) is 4. The van der Waals surface area contributed by atoms with Crippen molar-refractivity contribution in [1.29, 1.82) is 0 Å². The monoisotopic (exact) mass is 280 g/mol. The third-order valence-electron chi connectivity index (χ3n) is 3.09. The molecule has 0 radical (unpaired) electrons. The minimum Gasteiger partial charge on any atom is -0.494 e. The van der Waals surface area contributed by atoms with Gasteiger partial charge in [0.25, 0.3) is 0 Å². The molecule has 0 saturated heterocycles. The number of pyridine rings is 1. The summed E-state index contributed by atoms with van der Waals surface area (Å²) < 4.78 is 11.3. The molecule has 21 heavy (non-hydrogen) atoms. The average molecular weight is 280 g/mol. The molecule has 4 heteroatoms. The summed E-state index contributed by atoms with van der Waals surface area (Å²) >= 11 is 0. The number of aromatic nitrogens is 1. The Kier molecular flexibility index (Phi) is 3.60. The number of nitrogen functional groups attached to an aromatic ring is 1. The van der Waals surface area contributed by atoms with Gasteiger partial charge in [-0.2, -0.15) is 0 Å². The predicted molar refractivity (Wildman–Crippen MR) is 83.8 cm³/mol. The molecule has 1 heterocycles. The maximum Gasteiger partial charge on any atom is 0.138 e. The molecule has 1 aromatic heterocycles. The van der Waals surface area contributed by atoms with E-state index in [1.807, 2.05) is 55.5 Å². The van der Waals surface area contributed by atoms with Crippen LogP contribution in [0, 0.1) is 0 Å². The smallest absolute Gasteiger partial charge is 0.138 e. The molecule has 0 fully saturated rings. The molecule has 0 aliphatic carbocycles. The summed E-state index contributed by atoms with van der Waals surface area (Å²) in [6.07, 6.45) is 1.71. The average Bonchev–Trinajstić information content (AvgIpc) is 2.49. The fourth-order valence-corrected chi connectivity index (χ4v) is 2.13. The third-order valence-corrected chi connectivity index (χ3v) is 3.09. The lowest BCUT2D eigenvalue weighted by Crippen LogP contribution is -1.92. The number of nitrogens with zero attached hydrogens (tertiary/aromatic N) is 1. The summed E-state index contributed by atoms with van der Waals surface area (Å²) in [6, 6.07) is 15.0. The molecule has 0 saturated carbocycles. The lowest BCUT2D eigenvalue weighted by molar-refractivity contribution is 0.339. The fraction of sp³-hybridized carbons (Fsp3) is 0.118. The highest BCUT2D eigenvalue weighted by molar-refractivity contribution is 5.87. The minimum absolute atomic E-state index is 0.649. The second-order valence-electron chi connectivity index (χ2n) is 4.59. The third kappa shape index (κ3) is 2.89. The second-order valence-corrected chi connectivity index (χ2v) is 4.59. The van der Waals surface area contributed by atoms with E-state index in [2.05, 4.69) is 4.98 Å². The zero-order valence-corrected chi connectivity index (χ0v) is 11.7. The summed E-state index contributed by atoms with van der Waals surface area (Å²) in [5.41, 5.74) is 7.28. The SMILES string of the molecule is CCOc1ccc(Oc2ccnc3cc(N)ccc23)cc1. The Morgan fingerprint density at radius 1 is 1.00 bits per heavy atom. The number of benzene rings is 2. The van der Waals surface area contributed by atoms with Crippen molar-refractivity contribution in [2.45, 2.75) is 6.92 Å². The molecule has 3 rings (SSSR count). The summed E-state index contributed by atoms with van der Waals surface area (Å²) in [7, 11) is 0. The molecular weight excluding hydrogens is 264 g/mol. The molecular formula is C17H16N2O2. The first-order valence-corrected chi connectivity index (χ1v) is 6.81. The molecule has 2 aromatic carbocycles. The first-order chi connectivity index (χ1) is 10.3. The van der Waals surface area contributed by atoms with E-state index in [1.165, 1.54) is 0 Å². The van der Waals surface area contributed by atoms with Crippen molar-refractivity contribution in [3.63, 3.8) is 0 Å².